The normalized spacial score (nSPS) is 21.8. The summed E-state index contributed by atoms with van der Waals surface area (Å²) in [6.45, 7) is 11.4. The van der Waals surface area contributed by atoms with Gasteiger partial charge in [-0.3, -0.25) is 0 Å². The van der Waals surface area contributed by atoms with Crippen molar-refractivity contribution in [3.63, 3.8) is 0 Å². The van der Waals surface area contributed by atoms with Crippen molar-refractivity contribution in [1.82, 2.24) is 5.32 Å². The topological polar surface area (TPSA) is 15.3 Å². The summed E-state index contributed by atoms with van der Waals surface area (Å²) in [7, 11) is 2.00. The largest absolute Gasteiger partial charge is 0.366 e. The van der Waals surface area contributed by atoms with Crippen molar-refractivity contribution in [2.24, 2.45) is 0 Å². The molecule has 0 spiro atoms. The van der Waals surface area contributed by atoms with Crippen molar-refractivity contribution in [2.75, 3.05) is 18.5 Å². The third-order valence-corrected chi connectivity index (χ3v) is 4.15. The fourth-order valence-electron chi connectivity index (χ4n) is 3.45. The summed E-state index contributed by atoms with van der Waals surface area (Å²) in [6.07, 6.45) is 1.23. The number of benzene rings is 1. The molecule has 0 saturated carbocycles. The molecule has 0 saturated heterocycles. The lowest BCUT2D eigenvalue weighted by atomic mass is 9.79. The fraction of sp³-hybridized carbons (Fsp3) is 0.625. The van der Waals surface area contributed by atoms with E-state index in [2.05, 4.69) is 56.1 Å². The van der Waals surface area contributed by atoms with Crippen LogP contribution >= 0.6 is 0 Å². The van der Waals surface area contributed by atoms with Gasteiger partial charge in [0.1, 0.15) is 0 Å². The molecule has 1 aliphatic heterocycles. The first-order valence-corrected chi connectivity index (χ1v) is 7.04. The zero-order valence-electron chi connectivity index (χ0n) is 12.4. The summed E-state index contributed by atoms with van der Waals surface area (Å²) in [5.41, 5.74) is 4.61. The van der Waals surface area contributed by atoms with Crippen LogP contribution in [0.3, 0.4) is 0 Å². The Labute approximate surface area is 111 Å². The van der Waals surface area contributed by atoms with Crippen LogP contribution in [-0.4, -0.2) is 19.1 Å². The third-order valence-electron chi connectivity index (χ3n) is 4.15. The molecule has 1 atom stereocenters. The van der Waals surface area contributed by atoms with E-state index in [9.17, 15) is 0 Å². The number of hydrogen-bond donors (Lipinski definition) is 1. The van der Waals surface area contributed by atoms with Crippen molar-refractivity contribution in [2.45, 2.75) is 52.1 Å². The highest BCUT2D eigenvalue weighted by molar-refractivity contribution is 5.60. The summed E-state index contributed by atoms with van der Waals surface area (Å²) in [5.74, 6) is 0.648. The molecule has 100 valence electrons. The lowest BCUT2D eigenvalue weighted by Crippen LogP contribution is -2.48. The maximum Gasteiger partial charge on any atom is 0.0406 e. The number of anilines is 1. The number of nitrogens with zero attached hydrogens (tertiary/aromatic N) is 1. The van der Waals surface area contributed by atoms with E-state index >= 15 is 0 Å². The summed E-state index contributed by atoms with van der Waals surface area (Å²) >= 11 is 0. The van der Waals surface area contributed by atoms with Gasteiger partial charge in [0.15, 0.2) is 0 Å². The van der Waals surface area contributed by atoms with Crippen LogP contribution < -0.4 is 10.2 Å². The second-order valence-corrected chi connectivity index (χ2v) is 6.09. The van der Waals surface area contributed by atoms with Crippen LogP contribution in [0.2, 0.25) is 0 Å². The van der Waals surface area contributed by atoms with Crippen LogP contribution in [0.25, 0.3) is 0 Å². The minimum absolute atomic E-state index is 0.270. The molecule has 1 N–H and O–H groups in total. The molecule has 0 bridgehead atoms. The Hall–Kier alpha value is -1.02. The molecule has 1 aromatic rings. The van der Waals surface area contributed by atoms with Crippen molar-refractivity contribution >= 4 is 5.69 Å². The zero-order chi connectivity index (χ0) is 13.3. The van der Waals surface area contributed by atoms with Gasteiger partial charge in [-0.2, -0.15) is 0 Å². The highest BCUT2D eigenvalue weighted by Gasteiger charge is 2.35. The quantitative estimate of drug-likeness (QED) is 0.878. The molecular formula is C16H26N2. The van der Waals surface area contributed by atoms with Gasteiger partial charge in [-0.1, -0.05) is 19.1 Å². The van der Waals surface area contributed by atoms with Gasteiger partial charge in [-0.05, 0) is 57.4 Å². The first kappa shape index (κ1) is 13.4. The molecule has 0 aromatic heterocycles. The monoisotopic (exact) mass is 246 g/mol. The molecule has 1 aromatic carbocycles. The molecule has 0 fully saturated rings. The molecule has 2 nitrogen and oxygen atoms in total. The Balaban J connectivity index is 2.44. The van der Waals surface area contributed by atoms with E-state index in [0.717, 1.165) is 13.1 Å². The summed E-state index contributed by atoms with van der Waals surface area (Å²) in [4.78, 5) is 2.55. The van der Waals surface area contributed by atoms with Gasteiger partial charge in [0.05, 0.1) is 0 Å². The molecule has 2 rings (SSSR count). The van der Waals surface area contributed by atoms with Crippen LogP contribution in [-0.2, 0) is 6.54 Å². The number of rotatable bonds is 3. The van der Waals surface area contributed by atoms with Gasteiger partial charge in [-0.15, -0.1) is 0 Å². The van der Waals surface area contributed by atoms with Gasteiger partial charge in [0, 0.05) is 24.3 Å². The minimum atomic E-state index is 0.270. The van der Waals surface area contributed by atoms with Crippen molar-refractivity contribution in [3.8, 4) is 0 Å². The first-order valence-electron chi connectivity index (χ1n) is 7.04. The predicted molar refractivity (Wildman–Crippen MR) is 79.3 cm³/mol. The standard InChI is InChI=1S/C16H26N2/c1-6-18-15-8-7-13(11-17-5)9-14(15)12(2)10-16(18,3)4/h7-9,12,17H,6,10-11H2,1-5H3/t12-/m1/s1. The maximum absolute atomic E-state index is 3.23. The maximum atomic E-state index is 3.23. The van der Waals surface area contributed by atoms with E-state index in [1.54, 1.807) is 0 Å². The molecule has 18 heavy (non-hydrogen) atoms. The smallest absolute Gasteiger partial charge is 0.0406 e. The zero-order valence-corrected chi connectivity index (χ0v) is 12.4. The number of hydrogen-bond acceptors (Lipinski definition) is 2. The van der Waals surface area contributed by atoms with Crippen LogP contribution in [0.5, 0.6) is 0 Å². The van der Waals surface area contributed by atoms with E-state index in [1.165, 1.54) is 23.2 Å². The molecule has 0 amide bonds. The number of fused-ring (bicyclic) bond motifs is 1. The molecule has 0 unspecified atom stereocenters. The lowest BCUT2D eigenvalue weighted by Gasteiger charge is -2.47. The Morgan fingerprint density at radius 2 is 2.11 bits per heavy atom. The molecule has 2 heteroatoms. The highest BCUT2D eigenvalue weighted by atomic mass is 15.2. The third kappa shape index (κ3) is 2.26. The van der Waals surface area contributed by atoms with E-state index < -0.39 is 0 Å². The average molecular weight is 246 g/mol. The lowest BCUT2D eigenvalue weighted by molar-refractivity contribution is 0.381. The van der Waals surface area contributed by atoms with Gasteiger partial charge >= 0.3 is 0 Å². The van der Waals surface area contributed by atoms with Crippen LogP contribution in [0, 0.1) is 0 Å². The predicted octanol–water partition coefficient (Wildman–Crippen LogP) is 3.52. The summed E-state index contributed by atoms with van der Waals surface area (Å²) < 4.78 is 0. The molecule has 0 aliphatic carbocycles. The average Bonchev–Trinajstić information content (AvgIpc) is 2.29. The molecule has 0 radical (unpaired) electrons. The van der Waals surface area contributed by atoms with Gasteiger partial charge in [-0.25, -0.2) is 0 Å². The second kappa shape index (κ2) is 4.93. The fourth-order valence-corrected chi connectivity index (χ4v) is 3.45. The Kier molecular flexibility index (Phi) is 3.67. The van der Waals surface area contributed by atoms with E-state index in [1.807, 2.05) is 7.05 Å². The van der Waals surface area contributed by atoms with Crippen molar-refractivity contribution in [3.05, 3.63) is 29.3 Å². The summed E-state index contributed by atoms with van der Waals surface area (Å²) in [5, 5.41) is 3.23. The van der Waals surface area contributed by atoms with E-state index in [-0.39, 0.29) is 5.54 Å². The second-order valence-electron chi connectivity index (χ2n) is 6.09. The Morgan fingerprint density at radius 1 is 1.39 bits per heavy atom. The van der Waals surface area contributed by atoms with Crippen LogP contribution in [0.1, 0.15) is 51.2 Å². The Bertz CT molecular complexity index is 423. The Morgan fingerprint density at radius 3 is 2.72 bits per heavy atom. The summed E-state index contributed by atoms with van der Waals surface area (Å²) in [6, 6.07) is 6.95. The first-order chi connectivity index (χ1) is 8.49. The van der Waals surface area contributed by atoms with Gasteiger partial charge in [0.25, 0.3) is 0 Å². The minimum Gasteiger partial charge on any atom is -0.366 e. The highest BCUT2D eigenvalue weighted by Crippen LogP contribution is 2.43. The van der Waals surface area contributed by atoms with Gasteiger partial charge in [0.2, 0.25) is 0 Å². The molecule has 1 aliphatic rings. The van der Waals surface area contributed by atoms with E-state index in [4.69, 9.17) is 0 Å². The van der Waals surface area contributed by atoms with Crippen molar-refractivity contribution < 1.29 is 0 Å². The molecule has 1 heterocycles. The van der Waals surface area contributed by atoms with E-state index in [0.29, 0.717) is 5.92 Å². The van der Waals surface area contributed by atoms with Crippen LogP contribution in [0.15, 0.2) is 18.2 Å². The van der Waals surface area contributed by atoms with Gasteiger partial charge < -0.3 is 10.2 Å². The SMILES string of the molecule is CCN1c2ccc(CNC)cc2[C@H](C)CC1(C)C. The molecular weight excluding hydrogens is 220 g/mol. The number of nitrogens with one attached hydrogen (secondary N) is 1. The van der Waals surface area contributed by atoms with Crippen LogP contribution in [0.4, 0.5) is 5.69 Å². The van der Waals surface area contributed by atoms with Crippen molar-refractivity contribution in [1.29, 1.82) is 0 Å².